The van der Waals surface area contributed by atoms with Crippen LogP contribution in [0.2, 0.25) is 0 Å². The van der Waals surface area contributed by atoms with Crippen LogP contribution >= 0.6 is 0 Å². The monoisotopic (exact) mass is 324 g/mol. The van der Waals surface area contributed by atoms with Crippen LogP contribution in [0.3, 0.4) is 0 Å². The van der Waals surface area contributed by atoms with Crippen LogP contribution in [0.1, 0.15) is 41.3 Å². The van der Waals surface area contributed by atoms with E-state index in [1.807, 2.05) is 12.1 Å². The third kappa shape index (κ3) is 5.23. The summed E-state index contributed by atoms with van der Waals surface area (Å²) in [4.78, 5) is 23.6. The maximum atomic E-state index is 12.1. The largest absolute Gasteiger partial charge is 0.355 e. The smallest absolute Gasteiger partial charge is 0.251 e. The highest BCUT2D eigenvalue weighted by Gasteiger charge is 2.06. The van der Waals surface area contributed by atoms with Gasteiger partial charge in [0, 0.05) is 18.3 Å². The SMILES string of the molecule is CCCCc1ccc(CC(=O)Nc2ccc(C(=O)NC)cc2)cc1. The van der Waals surface area contributed by atoms with Crippen LogP contribution in [0, 0.1) is 0 Å². The number of nitrogens with one attached hydrogen (secondary N) is 2. The standard InChI is InChI=1S/C20H24N2O2/c1-3-4-5-15-6-8-16(9-7-15)14-19(23)22-18-12-10-17(11-13-18)20(24)21-2/h6-13H,3-5,14H2,1-2H3,(H,21,24)(H,22,23). The van der Waals surface area contributed by atoms with Crippen molar-refractivity contribution in [3.63, 3.8) is 0 Å². The van der Waals surface area contributed by atoms with Crippen LogP contribution in [-0.4, -0.2) is 18.9 Å². The average Bonchev–Trinajstić information content (AvgIpc) is 2.61. The highest BCUT2D eigenvalue weighted by atomic mass is 16.2. The first-order valence-corrected chi connectivity index (χ1v) is 8.32. The quantitative estimate of drug-likeness (QED) is 0.818. The molecule has 0 aliphatic rings. The van der Waals surface area contributed by atoms with Crippen molar-refractivity contribution < 1.29 is 9.59 Å². The lowest BCUT2D eigenvalue weighted by atomic mass is 10.0. The van der Waals surface area contributed by atoms with Crippen molar-refractivity contribution in [1.82, 2.24) is 5.32 Å². The van der Waals surface area contributed by atoms with Crippen molar-refractivity contribution in [2.45, 2.75) is 32.6 Å². The third-order valence-corrected chi connectivity index (χ3v) is 3.86. The molecule has 4 nitrogen and oxygen atoms in total. The summed E-state index contributed by atoms with van der Waals surface area (Å²) in [5, 5.41) is 5.42. The van der Waals surface area contributed by atoms with Gasteiger partial charge in [-0.1, -0.05) is 37.6 Å². The lowest BCUT2D eigenvalue weighted by molar-refractivity contribution is -0.115. The lowest BCUT2D eigenvalue weighted by Crippen LogP contribution is -2.18. The molecule has 24 heavy (non-hydrogen) atoms. The Morgan fingerprint density at radius 2 is 1.54 bits per heavy atom. The Labute approximate surface area is 143 Å². The molecule has 4 heteroatoms. The van der Waals surface area contributed by atoms with Gasteiger partial charge in [-0.2, -0.15) is 0 Å². The Morgan fingerprint density at radius 3 is 2.12 bits per heavy atom. The molecule has 0 saturated carbocycles. The summed E-state index contributed by atoms with van der Waals surface area (Å²) in [7, 11) is 1.59. The summed E-state index contributed by atoms with van der Waals surface area (Å²) >= 11 is 0. The van der Waals surface area contributed by atoms with Crippen LogP contribution < -0.4 is 10.6 Å². The van der Waals surface area contributed by atoms with Gasteiger partial charge in [0.15, 0.2) is 0 Å². The molecule has 2 aromatic carbocycles. The number of unbranched alkanes of at least 4 members (excludes halogenated alkanes) is 1. The van der Waals surface area contributed by atoms with Gasteiger partial charge in [-0.05, 0) is 48.2 Å². The van der Waals surface area contributed by atoms with E-state index in [2.05, 4.69) is 29.7 Å². The van der Waals surface area contributed by atoms with E-state index in [9.17, 15) is 9.59 Å². The first-order valence-electron chi connectivity index (χ1n) is 8.32. The Balaban J connectivity index is 1.89. The molecule has 0 aliphatic heterocycles. The second-order valence-corrected chi connectivity index (χ2v) is 5.80. The molecule has 2 amide bonds. The fourth-order valence-electron chi connectivity index (χ4n) is 2.44. The van der Waals surface area contributed by atoms with Crippen molar-refractivity contribution in [2.75, 3.05) is 12.4 Å². The minimum Gasteiger partial charge on any atom is -0.355 e. The molecule has 2 N–H and O–H groups in total. The van der Waals surface area contributed by atoms with Gasteiger partial charge in [-0.25, -0.2) is 0 Å². The summed E-state index contributed by atoms with van der Waals surface area (Å²) in [5.74, 6) is -0.208. The van der Waals surface area contributed by atoms with E-state index in [1.165, 1.54) is 18.4 Å². The van der Waals surface area contributed by atoms with Crippen LogP contribution in [0.15, 0.2) is 48.5 Å². The fraction of sp³-hybridized carbons (Fsp3) is 0.300. The highest BCUT2D eigenvalue weighted by molar-refractivity contribution is 5.96. The number of aryl methyl sites for hydroxylation is 1. The summed E-state index contributed by atoms with van der Waals surface area (Å²) in [6, 6.07) is 15.1. The maximum Gasteiger partial charge on any atom is 0.251 e. The predicted octanol–water partition coefficient (Wildman–Crippen LogP) is 3.57. The van der Waals surface area contributed by atoms with E-state index < -0.39 is 0 Å². The number of benzene rings is 2. The molecule has 0 atom stereocenters. The molecular formula is C20H24N2O2. The number of hydrogen-bond acceptors (Lipinski definition) is 2. The number of hydrogen-bond donors (Lipinski definition) is 2. The van der Waals surface area contributed by atoms with Crippen molar-refractivity contribution in [3.8, 4) is 0 Å². The second-order valence-electron chi connectivity index (χ2n) is 5.80. The van der Waals surface area contributed by atoms with Gasteiger partial charge in [-0.15, -0.1) is 0 Å². The average molecular weight is 324 g/mol. The van der Waals surface area contributed by atoms with E-state index in [-0.39, 0.29) is 11.8 Å². The number of amides is 2. The topological polar surface area (TPSA) is 58.2 Å². The zero-order valence-corrected chi connectivity index (χ0v) is 14.3. The van der Waals surface area contributed by atoms with Crippen LogP contribution in [-0.2, 0) is 17.6 Å². The molecule has 126 valence electrons. The molecular weight excluding hydrogens is 300 g/mol. The van der Waals surface area contributed by atoms with E-state index >= 15 is 0 Å². The highest BCUT2D eigenvalue weighted by Crippen LogP contribution is 2.12. The lowest BCUT2D eigenvalue weighted by Gasteiger charge is -2.07. The van der Waals surface area contributed by atoms with Gasteiger partial charge in [0.2, 0.25) is 5.91 Å². The molecule has 0 fully saturated rings. The molecule has 0 bridgehead atoms. The Kier molecular flexibility index (Phi) is 6.55. The summed E-state index contributed by atoms with van der Waals surface area (Å²) in [5.41, 5.74) is 3.56. The predicted molar refractivity (Wildman–Crippen MR) is 97.2 cm³/mol. The molecule has 0 radical (unpaired) electrons. The molecule has 0 saturated heterocycles. The third-order valence-electron chi connectivity index (χ3n) is 3.86. The Morgan fingerprint density at radius 1 is 0.917 bits per heavy atom. The minimum absolute atomic E-state index is 0.0657. The number of anilines is 1. The summed E-state index contributed by atoms with van der Waals surface area (Å²) < 4.78 is 0. The van der Waals surface area contributed by atoms with Gasteiger partial charge in [0.25, 0.3) is 5.91 Å². The second kappa shape index (κ2) is 8.87. The molecule has 0 unspecified atom stereocenters. The molecule has 0 spiro atoms. The van der Waals surface area contributed by atoms with Crippen LogP contribution in [0.5, 0.6) is 0 Å². The zero-order chi connectivity index (χ0) is 17.4. The van der Waals surface area contributed by atoms with E-state index in [0.29, 0.717) is 17.7 Å². The first-order chi connectivity index (χ1) is 11.6. The van der Waals surface area contributed by atoms with Crippen molar-refractivity contribution in [3.05, 3.63) is 65.2 Å². The van der Waals surface area contributed by atoms with Crippen molar-refractivity contribution >= 4 is 17.5 Å². The Hall–Kier alpha value is -2.62. The zero-order valence-electron chi connectivity index (χ0n) is 14.3. The van der Waals surface area contributed by atoms with Crippen molar-refractivity contribution in [1.29, 1.82) is 0 Å². The molecule has 2 aromatic rings. The summed E-state index contributed by atoms with van der Waals surface area (Å²) in [6.07, 6.45) is 3.79. The number of carbonyl (C=O) groups excluding carboxylic acids is 2. The van der Waals surface area contributed by atoms with Gasteiger partial charge in [0.05, 0.1) is 6.42 Å². The molecule has 0 aromatic heterocycles. The van der Waals surface area contributed by atoms with E-state index in [1.54, 1.807) is 31.3 Å². The van der Waals surface area contributed by atoms with Gasteiger partial charge in [-0.3, -0.25) is 9.59 Å². The molecule has 0 heterocycles. The Bertz CT molecular complexity index is 676. The minimum atomic E-state index is -0.143. The number of rotatable bonds is 7. The molecule has 2 rings (SSSR count). The number of carbonyl (C=O) groups is 2. The van der Waals surface area contributed by atoms with Gasteiger partial charge in [0.1, 0.15) is 0 Å². The maximum absolute atomic E-state index is 12.1. The van der Waals surface area contributed by atoms with E-state index in [4.69, 9.17) is 0 Å². The molecule has 0 aliphatic carbocycles. The fourth-order valence-corrected chi connectivity index (χ4v) is 2.44. The van der Waals surface area contributed by atoms with Gasteiger partial charge >= 0.3 is 0 Å². The van der Waals surface area contributed by atoms with Crippen LogP contribution in [0.4, 0.5) is 5.69 Å². The summed E-state index contributed by atoms with van der Waals surface area (Å²) in [6.45, 7) is 2.18. The van der Waals surface area contributed by atoms with E-state index in [0.717, 1.165) is 12.0 Å². The first kappa shape index (κ1) is 17.7. The van der Waals surface area contributed by atoms with Gasteiger partial charge < -0.3 is 10.6 Å². The normalized spacial score (nSPS) is 10.2. The van der Waals surface area contributed by atoms with Crippen molar-refractivity contribution in [2.24, 2.45) is 0 Å². The van der Waals surface area contributed by atoms with Crippen LogP contribution in [0.25, 0.3) is 0 Å².